The lowest BCUT2D eigenvalue weighted by molar-refractivity contribution is -0.00891. The maximum absolute atomic E-state index is 10.1. The minimum Gasteiger partial charge on any atom is -0.393 e. The van der Waals surface area contributed by atoms with Crippen LogP contribution in [0.3, 0.4) is 0 Å². The van der Waals surface area contributed by atoms with Crippen molar-refractivity contribution in [2.75, 3.05) is 6.61 Å². The van der Waals surface area contributed by atoms with Gasteiger partial charge in [0.1, 0.15) is 0 Å². The van der Waals surface area contributed by atoms with E-state index in [1.54, 1.807) is 12.5 Å². The van der Waals surface area contributed by atoms with Crippen LogP contribution in [0.1, 0.15) is 91.4 Å². The molecule has 3 nitrogen and oxygen atoms in total. The lowest BCUT2D eigenvalue weighted by atomic mass is 9.60. The Morgan fingerprint density at radius 1 is 1.23 bits per heavy atom. The highest BCUT2D eigenvalue weighted by Crippen LogP contribution is 2.60. The average Bonchev–Trinajstić information content (AvgIpc) is 3.06. The summed E-state index contributed by atoms with van der Waals surface area (Å²) in [5.41, 5.74) is 3.50. The van der Waals surface area contributed by atoms with Crippen molar-refractivity contribution in [1.82, 2.24) is 0 Å². The first-order valence-corrected chi connectivity index (χ1v) is 12.3. The number of hydrogen-bond acceptors (Lipinski definition) is 3. The molecule has 3 aliphatic carbocycles. The fourth-order valence-corrected chi connectivity index (χ4v) is 6.69. The van der Waals surface area contributed by atoms with E-state index in [0.29, 0.717) is 23.7 Å². The summed E-state index contributed by atoms with van der Waals surface area (Å²) in [5, 5.41) is 29.4. The van der Waals surface area contributed by atoms with Crippen LogP contribution in [0, 0.1) is 23.2 Å². The third-order valence-corrected chi connectivity index (χ3v) is 8.63. The molecule has 0 heterocycles. The van der Waals surface area contributed by atoms with Gasteiger partial charge in [0.2, 0.25) is 0 Å². The Hall–Kier alpha value is -0.900. The molecule has 1 unspecified atom stereocenters. The molecule has 0 bridgehead atoms. The molecule has 3 saturated carbocycles. The molecule has 3 fully saturated rings. The normalized spacial score (nSPS) is 37.9. The van der Waals surface area contributed by atoms with E-state index in [1.165, 1.54) is 43.3 Å². The molecule has 3 aliphatic rings. The summed E-state index contributed by atoms with van der Waals surface area (Å²) in [6.07, 6.45) is 16.1. The lowest BCUT2D eigenvalue weighted by Crippen LogP contribution is -2.36. The largest absolute Gasteiger partial charge is 0.393 e. The summed E-state index contributed by atoms with van der Waals surface area (Å²) in [6, 6.07) is 0. The van der Waals surface area contributed by atoms with Gasteiger partial charge in [-0.3, -0.25) is 0 Å². The predicted molar refractivity (Wildman–Crippen MR) is 124 cm³/mol. The highest BCUT2D eigenvalue weighted by atomic mass is 16.3. The molecule has 0 aromatic rings. The van der Waals surface area contributed by atoms with E-state index < -0.39 is 5.60 Å². The van der Waals surface area contributed by atoms with Crippen LogP contribution < -0.4 is 0 Å². The van der Waals surface area contributed by atoms with Gasteiger partial charge in [-0.2, -0.15) is 0 Å². The highest BCUT2D eigenvalue weighted by Gasteiger charge is 2.50. The number of hydrogen-bond donors (Lipinski definition) is 3. The number of aliphatic hydroxyl groups excluding tert-OH is 2. The van der Waals surface area contributed by atoms with Gasteiger partial charge in [0, 0.05) is 0 Å². The van der Waals surface area contributed by atoms with Crippen molar-refractivity contribution in [3.63, 3.8) is 0 Å². The Bertz CT molecular complexity index is 674. The molecule has 0 saturated heterocycles. The Morgan fingerprint density at radius 3 is 2.73 bits per heavy atom. The van der Waals surface area contributed by atoms with Gasteiger partial charge in [0.15, 0.2) is 0 Å². The molecule has 0 spiro atoms. The molecular formula is C27H44O3. The van der Waals surface area contributed by atoms with E-state index in [9.17, 15) is 15.3 Å². The van der Waals surface area contributed by atoms with Crippen LogP contribution in [0.5, 0.6) is 0 Å². The molecule has 6 atom stereocenters. The van der Waals surface area contributed by atoms with Gasteiger partial charge in [-0.25, -0.2) is 0 Å². The van der Waals surface area contributed by atoms with Crippen LogP contribution in [0.25, 0.3) is 0 Å². The average molecular weight is 417 g/mol. The Balaban J connectivity index is 1.66. The second kappa shape index (κ2) is 9.71. The third kappa shape index (κ3) is 5.29. The molecule has 0 aromatic carbocycles. The fourth-order valence-electron chi connectivity index (χ4n) is 6.69. The van der Waals surface area contributed by atoms with Gasteiger partial charge < -0.3 is 15.3 Å². The van der Waals surface area contributed by atoms with Crippen molar-refractivity contribution >= 4 is 0 Å². The fraction of sp³-hybridized carbons (Fsp3) is 0.778. The maximum Gasteiger partial charge on any atom is 0.0849 e. The minimum absolute atomic E-state index is 0.155. The van der Waals surface area contributed by atoms with Crippen molar-refractivity contribution in [2.24, 2.45) is 23.2 Å². The van der Waals surface area contributed by atoms with Crippen molar-refractivity contribution in [2.45, 2.75) is 103 Å². The molecule has 3 rings (SSSR count). The predicted octanol–water partition coefficient (Wildman–Crippen LogP) is 5.71. The SMILES string of the molecule is C=C1CC[C@H](O)C/C1=C/C=C1\CCC[C@]2(C)[C@@H]([C@H](C)CCCC(C)(O)CO)CC[C@@H]12. The zero-order valence-electron chi connectivity index (χ0n) is 19.5. The first-order valence-electron chi connectivity index (χ1n) is 12.3. The Morgan fingerprint density at radius 2 is 2.00 bits per heavy atom. The van der Waals surface area contributed by atoms with Gasteiger partial charge in [0.25, 0.3) is 0 Å². The second-order valence-electron chi connectivity index (χ2n) is 11.1. The Labute approximate surface area is 184 Å². The Kier molecular flexibility index (Phi) is 7.69. The van der Waals surface area contributed by atoms with Crippen LogP contribution in [0.4, 0.5) is 0 Å². The molecule has 0 aromatic heterocycles. The lowest BCUT2D eigenvalue weighted by Gasteiger charge is -2.44. The zero-order valence-corrected chi connectivity index (χ0v) is 19.5. The quantitative estimate of drug-likeness (QED) is 0.498. The van der Waals surface area contributed by atoms with Gasteiger partial charge in [-0.15, -0.1) is 0 Å². The minimum atomic E-state index is -0.938. The van der Waals surface area contributed by atoms with Gasteiger partial charge in [-0.05, 0) is 93.5 Å². The van der Waals surface area contributed by atoms with Crippen LogP contribution >= 0.6 is 0 Å². The first-order chi connectivity index (χ1) is 14.2. The summed E-state index contributed by atoms with van der Waals surface area (Å²) in [5.74, 6) is 2.07. The summed E-state index contributed by atoms with van der Waals surface area (Å²) in [6.45, 7) is 10.7. The van der Waals surface area contributed by atoms with Crippen molar-refractivity contribution in [3.8, 4) is 0 Å². The van der Waals surface area contributed by atoms with Crippen molar-refractivity contribution in [1.29, 1.82) is 0 Å². The standard InChI is InChI=1S/C27H44O3/c1-19-9-12-23(29)17-22(19)11-10-21-8-6-16-27(4)24(13-14-25(21)27)20(2)7-5-15-26(3,30)18-28/h10-11,20,23-25,28-30H,1,5-9,12-18H2,2-4H3/b21-10+,22-11-/t20-,23+,24-,25+,26?,27-/m1/s1. The molecule has 3 N–H and O–H groups in total. The molecular weight excluding hydrogens is 372 g/mol. The van der Waals surface area contributed by atoms with Gasteiger partial charge in [0.05, 0.1) is 18.3 Å². The van der Waals surface area contributed by atoms with E-state index >= 15 is 0 Å². The number of aliphatic hydroxyl groups is 3. The van der Waals surface area contributed by atoms with E-state index in [4.69, 9.17) is 0 Å². The number of allylic oxidation sites excluding steroid dienone is 4. The van der Waals surface area contributed by atoms with E-state index in [2.05, 4.69) is 32.6 Å². The van der Waals surface area contributed by atoms with Crippen LogP contribution in [0.2, 0.25) is 0 Å². The van der Waals surface area contributed by atoms with E-state index in [0.717, 1.165) is 38.0 Å². The molecule has 0 amide bonds. The number of rotatable bonds is 7. The molecule has 30 heavy (non-hydrogen) atoms. The van der Waals surface area contributed by atoms with Crippen molar-refractivity contribution in [3.05, 3.63) is 35.5 Å². The molecule has 170 valence electrons. The molecule has 3 heteroatoms. The number of fused-ring (bicyclic) bond motifs is 1. The highest BCUT2D eigenvalue weighted by molar-refractivity contribution is 5.36. The molecule has 0 aliphatic heterocycles. The summed E-state index contributed by atoms with van der Waals surface area (Å²) in [4.78, 5) is 0. The summed E-state index contributed by atoms with van der Waals surface area (Å²) < 4.78 is 0. The zero-order chi connectivity index (χ0) is 21.9. The third-order valence-electron chi connectivity index (χ3n) is 8.63. The van der Waals surface area contributed by atoms with Crippen molar-refractivity contribution < 1.29 is 15.3 Å². The van der Waals surface area contributed by atoms with Crippen LogP contribution in [-0.4, -0.2) is 33.6 Å². The van der Waals surface area contributed by atoms with Crippen LogP contribution in [-0.2, 0) is 0 Å². The smallest absolute Gasteiger partial charge is 0.0849 e. The monoisotopic (exact) mass is 416 g/mol. The maximum atomic E-state index is 10.1. The van der Waals surface area contributed by atoms with E-state index in [1.807, 2.05) is 0 Å². The van der Waals surface area contributed by atoms with Gasteiger partial charge >= 0.3 is 0 Å². The molecule has 0 radical (unpaired) electrons. The van der Waals surface area contributed by atoms with E-state index in [-0.39, 0.29) is 12.7 Å². The second-order valence-corrected chi connectivity index (χ2v) is 11.1. The van der Waals surface area contributed by atoms with Crippen LogP contribution in [0.15, 0.2) is 35.5 Å². The topological polar surface area (TPSA) is 60.7 Å². The van der Waals surface area contributed by atoms with Gasteiger partial charge in [-0.1, -0.05) is 56.6 Å². The summed E-state index contributed by atoms with van der Waals surface area (Å²) >= 11 is 0. The first kappa shape index (κ1) is 23.8. The summed E-state index contributed by atoms with van der Waals surface area (Å²) in [7, 11) is 0.